The zero-order valence-corrected chi connectivity index (χ0v) is 10.7. The third-order valence-electron chi connectivity index (χ3n) is 3.53. The highest BCUT2D eigenvalue weighted by atomic mass is 19.1. The summed E-state index contributed by atoms with van der Waals surface area (Å²) in [5.41, 5.74) is 0. The van der Waals surface area contributed by atoms with Gasteiger partial charge >= 0.3 is 5.97 Å². The highest BCUT2D eigenvalue weighted by Crippen LogP contribution is 2.27. The Kier molecular flexibility index (Phi) is 6.68. The van der Waals surface area contributed by atoms with Crippen LogP contribution in [-0.2, 0) is 9.59 Å². The molecule has 1 saturated carbocycles. The molecule has 1 rings (SSSR count). The molecule has 1 fully saturated rings. The Balaban J connectivity index is 2.14. The first-order chi connectivity index (χ1) is 8.63. The van der Waals surface area contributed by atoms with E-state index in [9.17, 15) is 14.0 Å². The minimum atomic E-state index is -1.40. The summed E-state index contributed by atoms with van der Waals surface area (Å²) in [5.74, 6) is -0.975. The molecule has 0 aromatic rings. The highest BCUT2D eigenvalue weighted by molar-refractivity contribution is 5.83. The van der Waals surface area contributed by atoms with Crippen molar-refractivity contribution in [3.63, 3.8) is 0 Å². The molecule has 1 unspecified atom stereocenters. The molecular formula is C13H22FNO3. The van der Waals surface area contributed by atoms with E-state index in [-0.39, 0.29) is 5.91 Å². The highest BCUT2D eigenvalue weighted by Gasteiger charge is 2.19. The molecule has 0 saturated heterocycles. The minimum Gasteiger partial charge on any atom is -0.480 e. The van der Waals surface area contributed by atoms with Crippen molar-refractivity contribution in [1.82, 2.24) is 5.32 Å². The summed E-state index contributed by atoms with van der Waals surface area (Å²) in [7, 11) is 0. The number of aliphatic carboxylic acids is 1. The smallest absolute Gasteiger partial charge is 0.328 e. The molecule has 0 aliphatic heterocycles. The maximum Gasteiger partial charge on any atom is 0.328 e. The molecular weight excluding hydrogens is 237 g/mol. The fourth-order valence-corrected chi connectivity index (χ4v) is 2.46. The maximum atomic E-state index is 12.3. The van der Waals surface area contributed by atoms with E-state index in [0.717, 1.165) is 12.8 Å². The van der Waals surface area contributed by atoms with Gasteiger partial charge in [0.15, 0.2) is 6.04 Å². The third-order valence-corrected chi connectivity index (χ3v) is 3.53. The minimum absolute atomic E-state index is 0.292. The quantitative estimate of drug-likeness (QED) is 0.737. The lowest BCUT2D eigenvalue weighted by atomic mass is 9.86. The number of alkyl halides is 1. The van der Waals surface area contributed by atoms with Crippen LogP contribution in [0.1, 0.15) is 51.4 Å². The molecule has 1 amide bonds. The van der Waals surface area contributed by atoms with Gasteiger partial charge in [0.1, 0.15) is 6.67 Å². The van der Waals surface area contributed by atoms with Crippen molar-refractivity contribution in [3.8, 4) is 0 Å². The molecule has 0 bridgehead atoms. The second-order valence-corrected chi connectivity index (χ2v) is 5.01. The molecule has 1 atom stereocenters. The Morgan fingerprint density at radius 1 is 1.28 bits per heavy atom. The molecule has 5 heteroatoms. The molecule has 0 aromatic carbocycles. The normalized spacial score (nSPS) is 18.3. The van der Waals surface area contributed by atoms with Crippen LogP contribution in [0.25, 0.3) is 0 Å². The van der Waals surface area contributed by atoms with Crippen molar-refractivity contribution in [2.24, 2.45) is 5.92 Å². The van der Waals surface area contributed by atoms with Gasteiger partial charge in [0.2, 0.25) is 5.91 Å². The first-order valence-electron chi connectivity index (χ1n) is 6.71. The van der Waals surface area contributed by atoms with Crippen molar-refractivity contribution >= 4 is 11.9 Å². The summed E-state index contributed by atoms with van der Waals surface area (Å²) >= 11 is 0. The van der Waals surface area contributed by atoms with E-state index in [2.05, 4.69) is 5.32 Å². The average molecular weight is 259 g/mol. The zero-order valence-electron chi connectivity index (χ0n) is 10.7. The Morgan fingerprint density at radius 3 is 2.50 bits per heavy atom. The number of nitrogens with one attached hydrogen (secondary N) is 1. The Bertz CT molecular complexity index is 277. The predicted octanol–water partition coefficient (Wildman–Crippen LogP) is 2.28. The van der Waals surface area contributed by atoms with Gasteiger partial charge in [0.05, 0.1) is 0 Å². The lowest BCUT2D eigenvalue weighted by Gasteiger charge is -2.21. The van der Waals surface area contributed by atoms with E-state index in [4.69, 9.17) is 5.11 Å². The molecule has 0 spiro atoms. The molecule has 18 heavy (non-hydrogen) atoms. The zero-order chi connectivity index (χ0) is 13.4. The second-order valence-electron chi connectivity index (χ2n) is 5.01. The molecule has 1 aliphatic rings. The number of hydrogen-bond donors (Lipinski definition) is 2. The van der Waals surface area contributed by atoms with Gasteiger partial charge in [-0.15, -0.1) is 0 Å². The summed E-state index contributed by atoms with van der Waals surface area (Å²) < 4.78 is 12.3. The van der Waals surface area contributed by atoms with E-state index in [1.807, 2.05) is 0 Å². The lowest BCUT2D eigenvalue weighted by molar-refractivity contribution is -0.142. The number of halogens is 1. The van der Waals surface area contributed by atoms with Gasteiger partial charge in [-0.3, -0.25) is 4.79 Å². The SMILES string of the molecule is O=C(CCCC1CCCCC1)NC(CF)C(=O)O. The number of carboxylic acids is 1. The second kappa shape index (κ2) is 8.06. The number of rotatable bonds is 7. The number of amides is 1. The van der Waals surface area contributed by atoms with Crippen LogP contribution in [0, 0.1) is 5.92 Å². The average Bonchev–Trinajstić information content (AvgIpc) is 2.37. The summed E-state index contributed by atoms with van der Waals surface area (Å²) in [5, 5.41) is 10.8. The van der Waals surface area contributed by atoms with Crippen molar-refractivity contribution in [3.05, 3.63) is 0 Å². The summed E-state index contributed by atoms with van der Waals surface area (Å²) in [4.78, 5) is 21.9. The van der Waals surface area contributed by atoms with Crippen LogP contribution >= 0.6 is 0 Å². The monoisotopic (exact) mass is 259 g/mol. The van der Waals surface area contributed by atoms with Crippen molar-refractivity contribution < 1.29 is 19.1 Å². The van der Waals surface area contributed by atoms with E-state index in [1.54, 1.807) is 0 Å². The molecule has 104 valence electrons. The van der Waals surface area contributed by atoms with E-state index >= 15 is 0 Å². The number of carbonyl (C=O) groups excluding carboxylic acids is 1. The van der Waals surface area contributed by atoms with E-state index in [1.165, 1.54) is 32.1 Å². The van der Waals surface area contributed by atoms with Crippen LogP contribution in [0.15, 0.2) is 0 Å². The molecule has 1 aliphatic carbocycles. The van der Waals surface area contributed by atoms with E-state index < -0.39 is 18.7 Å². The Hall–Kier alpha value is -1.13. The molecule has 0 radical (unpaired) electrons. The Morgan fingerprint density at radius 2 is 1.94 bits per heavy atom. The predicted molar refractivity (Wildman–Crippen MR) is 66.0 cm³/mol. The van der Waals surface area contributed by atoms with Gasteiger partial charge in [-0.1, -0.05) is 32.1 Å². The fraction of sp³-hybridized carbons (Fsp3) is 0.846. The summed E-state index contributed by atoms with van der Waals surface area (Å²) in [6.07, 6.45) is 8.41. The van der Waals surface area contributed by atoms with Gasteiger partial charge < -0.3 is 10.4 Å². The van der Waals surface area contributed by atoms with Crippen LogP contribution in [0.5, 0.6) is 0 Å². The maximum absolute atomic E-state index is 12.3. The van der Waals surface area contributed by atoms with Gasteiger partial charge in [0.25, 0.3) is 0 Å². The van der Waals surface area contributed by atoms with Crippen LogP contribution in [0.2, 0.25) is 0 Å². The number of hydrogen-bond acceptors (Lipinski definition) is 2. The number of carbonyl (C=O) groups is 2. The van der Waals surface area contributed by atoms with Gasteiger partial charge in [-0.25, -0.2) is 9.18 Å². The van der Waals surface area contributed by atoms with Crippen molar-refractivity contribution in [2.75, 3.05) is 6.67 Å². The van der Waals surface area contributed by atoms with Crippen molar-refractivity contribution in [1.29, 1.82) is 0 Å². The molecule has 0 heterocycles. The number of carboxylic acid groups (broad SMARTS) is 1. The third kappa shape index (κ3) is 5.47. The van der Waals surface area contributed by atoms with Gasteiger partial charge in [-0.2, -0.15) is 0 Å². The van der Waals surface area contributed by atoms with Gasteiger partial charge in [0, 0.05) is 6.42 Å². The standard InChI is InChI=1S/C13H22FNO3/c14-9-11(13(17)18)15-12(16)8-4-7-10-5-2-1-3-6-10/h10-11H,1-9H2,(H,15,16)(H,17,18). The van der Waals surface area contributed by atoms with Gasteiger partial charge in [-0.05, 0) is 18.8 Å². The summed E-state index contributed by atoms with van der Waals surface area (Å²) in [6, 6.07) is -1.40. The lowest BCUT2D eigenvalue weighted by Crippen LogP contribution is -2.42. The largest absolute Gasteiger partial charge is 0.480 e. The summed E-state index contributed by atoms with van der Waals surface area (Å²) in [6.45, 7) is -1.07. The topological polar surface area (TPSA) is 66.4 Å². The first-order valence-corrected chi connectivity index (χ1v) is 6.71. The Labute approximate surface area is 107 Å². The van der Waals surface area contributed by atoms with Crippen LogP contribution < -0.4 is 5.32 Å². The first kappa shape index (κ1) is 14.9. The van der Waals surface area contributed by atoms with Crippen LogP contribution in [0.3, 0.4) is 0 Å². The molecule has 0 aromatic heterocycles. The van der Waals surface area contributed by atoms with Crippen LogP contribution in [0.4, 0.5) is 4.39 Å². The molecule has 4 nitrogen and oxygen atoms in total. The fourth-order valence-electron chi connectivity index (χ4n) is 2.46. The molecule has 2 N–H and O–H groups in total. The van der Waals surface area contributed by atoms with E-state index in [0.29, 0.717) is 12.3 Å². The van der Waals surface area contributed by atoms with Crippen LogP contribution in [-0.4, -0.2) is 29.7 Å². The van der Waals surface area contributed by atoms with Crippen molar-refractivity contribution in [2.45, 2.75) is 57.4 Å².